The lowest BCUT2D eigenvalue weighted by atomic mass is 10.1. The zero-order valence-electron chi connectivity index (χ0n) is 14.3. The van der Waals surface area contributed by atoms with Crippen molar-refractivity contribution in [3.05, 3.63) is 58.1 Å². The molecule has 0 aromatic heterocycles. The monoisotopic (exact) mass is 359 g/mol. The number of ether oxygens (including phenoxy) is 2. The van der Waals surface area contributed by atoms with Crippen molar-refractivity contribution in [1.29, 1.82) is 0 Å². The molecule has 3 rings (SSSR count). The van der Waals surface area contributed by atoms with Crippen molar-refractivity contribution >= 4 is 17.5 Å². The number of hydrogen-bond acceptors (Lipinski definition) is 3. The molecule has 1 amide bonds. The van der Waals surface area contributed by atoms with E-state index in [2.05, 4.69) is 11.4 Å². The summed E-state index contributed by atoms with van der Waals surface area (Å²) in [4.78, 5) is 12.0. The van der Waals surface area contributed by atoms with Gasteiger partial charge in [-0.25, -0.2) is 0 Å². The molecule has 0 fully saturated rings. The summed E-state index contributed by atoms with van der Waals surface area (Å²) >= 11 is 5.92. The molecule has 5 heteroatoms. The molecule has 0 aliphatic carbocycles. The Labute approximate surface area is 153 Å². The first-order valence-corrected chi connectivity index (χ1v) is 8.90. The summed E-state index contributed by atoms with van der Waals surface area (Å²) in [6.07, 6.45) is 2.07. The molecule has 0 radical (unpaired) electrons. The lowest BCUT2D eigenvalue weighted by molar-refractivity contribution is -0.120. The summed E-state index contributed by atoms with van der Waals surface area (Å²) in [5, 5.41) is 3.64. The first kappa shape index (κ1) is 17.6. The van der Waals surface area contributed by atoms with Crippen LogP contribution in [-0.4, -0.2) is 25.7 Å². The van der Waals surface area contributed by atoms with Gasteiger partial charge >= 0.3 is 0 Å². The van der Waals surface area contributed by atoms with Crippen LogP contribution in [-0.2, 0) is 17.6 Å². The highest BCUT2D eigenvalue weighted by Crippen LogP contribution is 2.26. The summed E-state index contributed by atoms with van der Waals surface area (Å²) < 4.78 is 11.2. The number of halogens is 1. The van der Waals surface area contributed by atoms with Gasteiger partial charge < -0.3 is 14.8 Å². The summed E-state index contributed by atoms with van der Waals surface area (Å²) in [5.74, 6) is 1.80. The second kappa shape index (κ2) is 8.26. The number of carbonyl (C=O) groups is 1. The highest BCUT2D eigenvalue weighted by atomic mass is 35.5. The average Bonchev–Trinajstić information content (AvgIpc) is 3.04. The largest absolute Gasteiger partial charge is 0.493 e. The molecule has 0 saturated carbocycles. The predicted octanol–water partition coefficient (Wildman–Crippen LogP) is 3.71. The lowest BCUT2D eigenvalue weighted by Gasteiger charge is -2.10. The van der Waals surface area contributed by atoms with Gasteiger partial charge in [-0.2, -0.15) is 0 Å². The van der Waals surface area contributed by atoms with Gasteiger partial charge in [-0.1, -0.05) is 23.7 Å². The SMILES string of the molecule is Cc1cc(Cl)ccc1OCCCNC(=O)Cc1ccc2c(c1)CCO2. The molecule has 0 saturated heterocycles. The van der Waals surface area contributed by atoms with E-state index in [1.54, 1.807) is 0 Å². The lowest BCUT2D eigenvalue weighted by Crippen LogP contribution is -2.27. The molecule has 4 nitrogen and oxygen atoms in total. The molecular formula is C20H22ClNO3. The van der Waals surface area contributed by atoms with E-state index in [4.69, 9.17) is 21.1 Å². The molecule has 1 aliphatic rings. The van der Waals surface area contributed by atoms with Crippen molar-refractivity contribution in [2.75, 3.05) is 19.8 Å². The van der Waals surface area contributed by atoms with Gasteiger partial charge in [-0.05, 0) is 54.3 Å². The Hall–Kier alpha value is -2.20. The van der Waals surface area contributed by atoms with Gasteiger partial charge in [0, 0.05) is 18.0 Å². The number of hydrogen-bond donors (Lipinski definition) is 1. The van der Waals surface area contributed by atoms with Crippen LogP contribution in [0.5, 0.6) is 11.5 Å². The Morgan fingerprint density at radius 3 is 3.00 bits per heavy atom. The Bertz CT molecular complexity index is 761. The summed E-state index contributed by atoms with van der Waals surface area (Å²) in [5.41, 5.74) is 3.23. The molecule has 25 heavy (non-hydrogen) atoms. The highest BCUT2D eigenvalue weighted by Gasteiger charge is 2.13. The van der Waals surface area contributed by atoms with Crippen LogP contribution in [0.4, 0.5) is 0 Å². The molecule has 0 bridgehead atoms. The molecule has 0 spiro atoms. The fourth-order valence-corrected chi connectivity index (χ4v) is 3.08. The van der Waals surface area contributed by atoms with E-state index in [1.165, 1.54) is 5.56 Å². The van der Waals surface area contributed by atoms with Crippen molar-refractivity contribution < 1.29 is 14.3 Å². The van der Waals surface area contributed by atoms with Crippen LogP contribution in [0.3, 0.4) is 0 Å². The van der Waals surface area contributed by atoms with Crippen LogP contribution in [0.25, 0.3) is 0 Å². The number of carbonyl (C=O) groups excluding carboxylic acids is 1. The summed E-state index contributed by atoms with van der Waals surface area (Å²) in [7, 11) is 0. The van der Waals surface area contributed by atoms with Crippen molar-refractivity contribution in [2.24, 2.45) is 0 Å². The Morgan fingerprint density at radius 2 is 2.16 bits per heavy atom. The Morgan fingerprint density at radius 1 is 1.28 bits per heavy atom. The predicted molar refractivity (Wildman–Crippen MR) is 98.7 cm³/mol. The van der Waals surface area contributed by atoms with Crippen molar-refractivity contribution in [2.45, 2.75) is 26.2 Å². The molecule has 2 aromatic rings. The third-order valence-corrected chi connectivity index (χ3v) is 4.39. The molecular weight excluding hydrogens is 338 g/mol. The minimum absolute atomic E-state index is 0.0292. The third-order valence-electron chi connectivity index (χ3n) is 4.16. The van der Waals surface area contributed by atoms with Gasteiger partial charge in [0.15, 0.2) is 0 Å². The quantitative estimate of drug-likeness (QED) is 0.766. The van der Waals surface area contributed by atoms with Gasteiger partial charge in [0.2, 0.25) is 5.91 Å². The van der Waals surface area contributed by atoms with E-state index in [1.807, 2.05) is 37.3 Å². The van der Waals surface area contributed by atoms with Gasteiger partial charge in [-0.3, -0.25) is 4.79 Å². The molecule has 0 atom stereocenters. The minimum Gasteiger partial charge on any atom is -0.493 e. The topological polar surface area (TPSA) is 47.6 Å². The first-order valence-electron chi connectivity index (χ1n) is 8.52. The molecule has 1 heterocycles. The molecule has 1 aliphatic heterocycles. The average molecular weight is 360 g/mol. The Balaban J connectivity index is 1.36. The number of nitrogens with one attached hydrogen (secondary N) is 1. The fraction of sp³-hybridized carbons (Fsp3) is 0.350. The second-order valence-corrected chi connectivity index (χ2v) is 6.62. The standard InChI is InChI=1S/C20H22ClNO3/c1-14-11-17(21)4-6-18(14)24-9-2-8-22-20(23)13-15-3-5-19-16(12-15)7-10-25-19/h3-6,11-12H,2,7-10,13H2,1H3,(H,22,23). The zero-order valence-corrected chi connectivity index (χ0v) is 15.1. The molecule has 2 aromatic carbocycles. The number of aryl methyl sites for hydroxylation is 1. The zero-order chi connectivity index (χ0) is 17.6. The van der Waals surface area contributed by atoms with Gasteiger partial charge in [0.05, 0.1) is 19.6 Å². The maximum absolute atomic E-state index is 12.0. The molecule has 1 N–H and O–H groups in total. The first-order chi connectivity index (χ1) is 12.1. The van der Waals surface area contributed by atoms with Gasteiger partial charge in [-0.15, -0.1) is 0 Å². The van der Waals surface area contributed by atoms with Crippen molar-refractivity contribution in [3.63, 3.8) is 0 Å². The van der Waals surface area contributed by atoms with Crippen LogP contribution in [0.2, 0.25) is 5.02 Å². The van der Waals surface area contributed by atoms with E-state index in [-0.39, 0.29) is 5.91 Å². The van der Waals surface area contributed by atoms with E-state index in [9.17, 15) is 4.79 Å². The van der Waals surface area contributed by atoms with Crippen LogP contribution in [0.1, 0.15) is 23.1 Å². The second-order valence-electron chi connectivity index (χ2n) is 6.18. The maximum atomic E-state index is 12.0. The van der Waals surface area contributed by atoms with Crippen LogP contribution < -0.4 is 14.8 Å². The molecule has 132 valence electrons. The van der Waals surface area contributed by atoms with E-state index >= 15 is 0 Å². The third kappa shape index (κ3) is 4.89. The number of amides is 1. The molecule has 0 unspecified atom stereocenters. The fourth-order valence-electron chi connectivity index (χ4n) is 2.85. The van der Waals surface area contributed by atoms with E-state index < -0.39 is 0 Å². The summed E-state index contributed by atoms with van der Waals surface area (Å²) in [6, 6.07) is 11.5. The summed E-state index contributed by atoms with van der Waals surface area (Å²) in [6.45, 7) is 3.85. The van der Waals surface area contributed by atoms with Crippen LogP contribution in [0.15, 0.2) is 36.4 Å². The van der Waals surface area contributed by atoms with E-state index in [0.29, 0.717) is 24.6 Å². The van der Waals surface area contributed by atoms with Crippen LogP contribution in [0, 0.1) is 6.92 Å². The van der Waals surface area contributed by atoms with E-state index in [0.717, 1.165) is 42.1 Å². The van der Waals surface area contributed by atoms with Crippen molar-refractivity contribution in [3.8, 4) is 11.5 Å². The number of benzene rings is 2. The van der Waals surface area contributed by atoms with Gasteiger partial charge in [0.1, 0.15) is 11.5 Å². The van der Waals surface area contributed by atoms with Crippen LogP contribution >= 0.6 is 11.6 Å². The normalized spacial score (nSPS) is 12.4. The highest BCUT2D eigenvalue weighted by molar-refractivity contribution is 6.30. The minimum atomic E-state index is 0.0292. The van der Waals surface area contributed by atoms with Crippen molar-refractivity contribution in [1.82, 2.24) is 5.32 Å². The maximum Gasteiger partial charge on any atom is 0.224 e. The smallest absolute Gasteiger partial charge is 0.224 e. The number of rotatable bonds is 7. The Kier molecular flexibility index (Phi) is 5.82. The number of fused-ring (bicyclic) bond motifs is 1. The van der Waals surface area contributed by atoms with Gasteiger partial charge in [0.25, 0.3) is 0 Å².